The molecule has 0 saturated heterocycles. The second-order valence-electron chi connectivity index (χ2n) is 7.39. The van der Waals surface area contributed by atoms with Crippen LogP contribution in [0.5, 0.6) is 0 Å². The molecule has 2 heterocycles. The molecule has 0 spiro atoms. The van der Waals surface area contributed by atoms with Gasteiger partial charge in [0.15, 0.2) is 0 Å². The van der Waals surface area contributed by atoms with Crippen LogP contribution in [0.25, 0.3) is 11.3 Å². The Kier molecular flexibility index (Phi) is 5.65. The van der Waals surface area contributed by atoms with E-state index in [1.165, 1.54) is 12.1 Å². The topological polar surface area (TPSA) is 123 Å². The lowest BCUT2D eigenvalue weighted by molar-refractivity contribution is 0.243. The minimum Gasteiger partial charge on any atom is -0.368 e. The van der Waals surface area contributed by atoms with Crippen LogP contribution in [0, 0.1) is 11.6 Å². The Hall–Kier alpha value is -3.02. The molecule has 0 atom stereocenters. The smallest absolute Gasteiger partial charge is 0.253 e. The minimum absolute atomic E-state index is 0.0265. The molecule has 4 rings (SSSR count). The van der Waals surface area contributed by atoms with Crippen LogP contribution in [-0.2, 0) is 15.4 Å². The van der Waals surface area contributed by atoms with Crippen molar-refractivity contribution in [2.24, 2.45) is 5.84 Å². The SMILES string of the molecule is NNS(=O)(=O)c1ccc(F)c(-c2ccc(NCC3(c4ncccc4F)CCC3)nn2)c1. The maximum atomic E-state index is 14.3. The number of aromatic nitrogens is 3. The molecule has 1 aromatic carbocycles. The average Bonchev–Trinajstić information content (AvgIpc) is 2.75. The van der Waals surface area contributed by atoms with Gasteiger partial charge in [0, 0.05) is 23.7 Å². The summed E-state index contributed by atoms with van der Waals surface area (Å²) in [6.07, 6.45) is 4.18. The summed E-state index contributed by atoms with van der Waals surface area (Å²) in [5.74, 6) is 4.48. The van der Waals surface area contributed by atoms with Gasteiger partial charge in [-0.15, -0.1) is 10.2 Å². The first kappa shape index (κ1) is 21.2. The highest BCUT2D eigenvalue weighted by atomic mass is 32.2. The Balaban J connectivity index is 1.53. The highest BCUT2D eigenvalue weighted by Crippen LogP contribution is 2.43. The van der Waals surface area contributed by atoms with Gasteiger partial charge in [-0.2, -0.15) is 4.83 Å². The lowest BCUT2D eigenvalue weighted by Gasteiger charge is -2.41. The van der Waals surface area contributed by atoms with Gasteiger partial charge in [-0.3, -0.25) is 10.8 Å². The molecule has 0 radical (unpaired) electrons. The molecule has 2 aromatic heterocycles. The Morgan fingerprint density at radius 1 is 1.06 bits per heavy atom. The quantitative estimate of drug-likeness (QED) is 0.376. The predicted molar refractivity (Wildman–Crippen MR) is 110 cm³/mol. The fourth-order valence-corrected chi connectivity index (χ4v) is 4.30. The fourth-order valence-electron chi connectivity index (χ4n) is 3.64. The average molecular weight is 446 g/mol. The normalized spacial score (nSPS) is 15.3. The van der Waals surface area contributed by atoms with Crippen LogP contribution in [0.4, 0.5) is 14.6 Å². The van der Waals surface area contributed by atoms with Gasteiger partial charge >= 0.3 is 0 Å². The summed E-state index contributed by atoms with van der Waals surface area (Å²) in [5, 5.41) is 11.2. The standard InChI is InChI=1S/C20H20F2N6O2S/c21-15-5-4-13(31(29,30)28-23)11-14(15)17-6-7-18(27-26-17)25-12-20(8-2-9-20)19-16(22)3-1-10-24-19/h1,3-7,10-11,28H,2,8-9,12,23H2,(H,25,27). The third-order valence-electron chi connectivity index (χ3n) is 5.52. The number of anilines is 1. The molecule has 1 aliphatic carbocycles. The summed E-state index contributed by atoms with van der Waals surface area (Å²) in [4.78, 5) is 5.73. The van der Waals surface area contributed by atoms with Crippen molar-refractivity contribution in [2.75, 3.05) is 11.9 Å². The van der Waals surface area contributed by atoms with Gasteiger partial charge in [-0.05, 0) is 55.3 Å². The Morgan fingerprint density at radius 3 is 2.48 bits per heavy atom. The van der Waals surface area contributed by atoms with E-state index in [9.17, 15) is 17.2 Å². The molecule has 0 aliphatic heterocycles. The Labute approximate surface area is 177 Å². The maximum absolute atomic E-state index is 14.3. The molecule has 1 fully saturated rings. The number of hydrazine groups is 1. The van der Waals surface area contributed by atoms with E-state index < -0.39 is 21.3 Å². The molecule has 162 valence electrons. The number of pyridine rings is 1. The third kappa shape index (κ3) is 4.11. The van der Waals surface area contributed by atoms with Crippen molar-refractivity contribution in [3.63, 3.8) is 0 Å². The maximum Gasteiger partial charge on any atom is 0.253 e. The minimum atomic E-state index is -3.94. The molecule has 0 unspecified atom stereocenters. The van der Waals surface area contributed by atoms with Crippen LogP contribution in [0.15, 0.2) is 53.6 Å². The molecule has 4 N–H and O–H groups in total. The van der Waals surface area contributed by atoms with Crippen LogP contribution in [0.3, 0.4) is 0 Å². The zero-order chi connectivity index (χ0) is 22.1. The van der Waals surface area contributed by atoms with Crippen molar-refractivity contribution in [1.82, 2.24) is 20.0 Å². The Bertz CT molecular complexity index is 1200. The van der Waals surface area contributed by atoms with Crippen molar-refractivity contribution in [3.8, 4) is 11.3 Å². The van der Waals surface area contributed by atoms with Gasteiger partial charge in [0.2, 0.25) is 0 Å². The summed E-state index contributed by atoms with van der Waals surface area (Å²) in [7, 11) is -3.94. The third-order valence-corrected chi connectivity index (χ3v) is 6.71. The van der Waals surface area contributed by atoms with Crippen molar-refractivity contribution in [1.29, 1.82) is 0 Å². The first-order chi connectivity index (χ1) is 14.8. The van der Waals surface area contributed by atoms with Gasteiger partial charge in [0.05, 0.1) is 16.3 Å². The van der Waals surface area contributed by atoms with E-state index in [-0.39, 0.29) is 22.0 Å². The van der Waals surface area contributed by atoms with Gasteiger partial charge in [0.1, 0.15) is 17.5 Å². The second-order valence-corrected chi connectivity index (χ2v) is 9.10. The second kappa shape index (κ2) is 8.25. The molecule has 0 amide bonds. The molecular weight excluding hydrogens is 426 g/mol. The van der Waals surface area contributed by atoms with Crippen molar-refractivity contribution in [3.05, 3.63) is 66.0 Å². The lowest BCUT2D eigenvalue weighted by atomic mass is 9.66. The number of nitrogens with zero attached hydrogens (tertiary/aromatic N) is 3. The van der Waals surface area contributed by atoms with Gasteiger partial charge in [-0.1, -0.05) is 6.42 Å². The zero-order valence-corrected chi connectivity index (χ0v) is 17.2. The summed E-state index contributed by atoms with van der Waals surface area (Å²) in [6, 6.07) is 9.35. The highest BCUT2D eigenvalue weighted by Gasteiger charge is 2.41. The van der Waals surface area contributed by atoms with E-state index in [0.29, 0.717) is 18.1 Å². The van der Waals surface area contributed by atoms with Crippen LogP contribution >= 0.6 is 0 Å². The van der Waals surface area contributed by atoms with Crippen LogP contribution in [0.1, 0.15) is 25.0 Å². The van der Waals surface area contributed by atoms with E-state index in [2.05, 4.69) is 20.5 Å². The molecule has 31 heavy (non-hydrogen) atoms. The number of nitrogens with two attached hydrogens (primary N) is 1. The van der Waals surface area contributed by atoms with Gasteiger partial charge in [0.25, 0.3) is 10.0 Å². The molecule has 8 nitrogen and oxygen atoms in total. The van der Waals surface area contributed by atoms with Crippen molar-refractivity contribution >= 4 is 15.8 Å². The number of hydrogen-bond acceptors (Lipinski definition) is 7. The molecule has 11 heteroatoms. The molecular formula is C20H20F2N6O2S. The van der Waals surface area contributed by atoms with Crippen molar-refractivity contribution < 1.29 is 17.2 Å². The summed E-state index contributed by atoms with van der Waals surface area (Å²) < 4.78 is 52.2. The molecule has 3 aromatic rings. The zero-order valence-electron chi connectivity index (χ0n) is 16.3. The summed E-state index contributed by atoms with van der Waals surface area (Å²) in [6.45, 7) is 0.430. The predicted octanol–water partition coefficient (Wildman–Crippen LogP) is 2.50. The summed E-state index contributed by atoms with van der Waals surface area (Å²) >= 11 is 0. The van der Waals surface area contributed by atoms with E-state index >= 15 is 0 Å². The van der Waals surface area contributed by atoms with Crippen LogP contribution in [-0.4, -0.2) is 30.1 Å². The first-order valence-electron chi connectivity index (χ1n) is 9.56. The number of sulfonamides is 1. The van der Waals surface area contributed by atoms with E-state index in [1.54, 1.807) is 23.2 Å². The molecule has 1 saturated carbocycles. The Morgan fingerprint density at radius 2 is 1.87 bits per heavy atom. The van der Waals surface area contributed by atoms with E-state index in [0.717, 1.165) is 37.5 Å². The number of hydrogen-bond donors (Lipinski definition) is 3. The fraction of sp³-hybridized carbons (Fsp3) is 0.250. The number of nitrogens with one attached hydrogen (secondary N) is 2. The highest BCUT2D eigenvalue weighted by molar-refractivity contribution is 7.89. The summed E-state index contributed by atoms with van der Waals surface area (Å²) in [5.41, 5.74) is 0.162. The monoisotopic (exact) mass is 446 g/mol. The van der Waals surface area contributed by atoms with E-state index in [4.69, 9.17) is 5.84 Å². The van der Waals surface area contributed by atoms with Crippen molar-refractivity contribution in [2.45, 2.75) is 29.6 Å². The number of benzene rings is 1. The number of rotatable bonds is 7. The lowest BCUT2D eigenvalue weighted by Crippen LogP contribution is -2.42. The van der Waals surface area contributed by atoms with Crippen LogP contribution < -0.4 is 16.0 Å². The first-order valence-corrected chi connectivity index (χ1v) is 11.0. The van der Waals surface area contributed by atoms with E-state index in [1.807, 2.05) is 0 Å². The number of halogens is 2. The van der Waals surface area contributed by atoms with Crippen LogP contribution in [0.2, 0.25) is 0 Å². The molecule has 0 bridgehead atoms. The largest absolute Gasteiger partial charge is 0.368 e. The molecule has 1 aliphatic rings. The van der Waals surface area contributed by atoms with Gasteiger partial charge in [-0.25, -0.2) is 17.2 Å². The van der Waals surface area contributed by atoms with Gasteiger partial charge < -0.3 is 5.32 Å².